The summed E-state index contributed by atoms with van der Waals surface area (Å²) < 4.78 is 34.1. The van der Waals surface area contributed by atoms with Crippen LogP contribution < -0.4 is 4.74 Å². The van der Waals surface area contributed by atoms with Crippen molar-refractivity contribution in [3.63, 3.8) is 0 Å². The molecule has 4 atom stereocenters. The fourth-order valence-electron chi connectivity index (χ4n) is 6.08. The van der Waals surface area contributed by atoms with Gasteiger partial charge in [0.05, 0.1) is 18.0 Å². The number of sulfonamides is 1. The van der Waals surface area contributed by atoms with Crippen LogP contribution in [0.4, 0.5) is 0 Å². The third-order valence-electron chi connectivity index (χ3n) is 7.28. The lowest BCUT2D eigenvalue weighted by atomic mass is 9.68. The van der Waals surface area contributed by atoms with Crippen LogP contribution in [0.2, 0.25) is 0 Å². The standard InChI is InChI=1S/C22H30N2O3S/c1-27-19-7-9-20(10-8-19)28(25,26)24-12-4-5-16-13-17-14-18(22(16)24)15-23-11-3-2-6-21(17)23/h7-10,13,17-18,21-22H,2-6,11-12,14-15H2,1H3/t17-,18-,21+,22-/m0/s1. The van der Waals surface area contributed by atoms with Crippen LogP contribution in [0.15, 0.2) is 40.8 Å². The number of ether oxygens (including phenoxy) is 1. The molecule has 5 nitrogen and oxygen atoms in total. The maximum Gasteiger partial charge on any atom is 0.243 e. The first kappa shape index (κ1) is 18.6. The third-order valence-corrected chi connectivity index (χ3v) is 9.17. The Kier molecular flexibility index (Phi) is 4.76. The monoisotopic (exact) mass is 402 g/mol. The van der Waals surface area contributed by atoms with Gasteiger partial charge in [-0.1, -0.05) is 18.1 Å². The summed E-state index contributed by atoms with van der Waals surface area (Å²) in [6.07, 6.45) is 9.52. The van der Waals surface area contributed by atoms with Crippen molar-refractivity contribution < 1.29 is 13.2 Å². The minimum atomic E-state index is -3.50. The van der Waals surface area contributed by atoms with Crippen LogP contribution in [0.25, 0.3) is 0 Å². The molecule has 0 N–H and O–H groups in total. The molecular weight excluding hydrogens is 372 g/mol. The van der Waals surface area contributed by atoms with Gasteiger partial charge in [-0.3, -0.25) is 4.90 Å². The molecule has 0 saturated carbocycles. The lowest BCUT2D eigenvalue weighted by Crippen LogP contribution is -2.59. The quantitative estimate of drug-likeness (QED) is 0.728. The maximum atomic E-state index is 13.5. The number of piperidine rings is 3. The molecule has 5 rings (SSSR count). The Balaban J connectivity index is 1.48. The summed E-state index contributed by atoms with van der Waals surface area (Å²) in [5, 5.41) is 0. The van der Waals surface area contributed by atoms with E-state index in [1.54, 1.807) is 31.4 Å². The fraction of sp³-hybridized carbons (Fsp3) is 0.636. The van der Waals surface area contributed by atoms with Crippen LogP contribution in [0.5, 0.6) is 5.75 Å². The molecule has 3 aliphatic heterocycles. The minimum Gasteiger partial charge on any atom is -0.497 e. The van der Waals surface area contributed by atoms with Crippen molar-refractivity contribution >= 4 is 10.0 Å². The van der Waals surface area contributed by atoms with Gasteiger partial charge in [0.25, 0.3) is 0 Å². The second kappa shape index (κ2) is 7.15. The molecule has 1 aromatic carbocycles. The molecule has 1 aromatic rings. The molecule has 6 heteroatoms. The fourth-order valence-corrected chi connectivity index (χ4v) is 7.80. The SMILES string of the molecule is COc1ccc(S(=O)(=O)N2CCCC3=C[C@H]4C[C@@H](CN5CCCC[C@H]45)[C@H]32)cc1. The molecule has 4 aliphatic rings. The molecule has 0 aromatic heterocycles. The second-order valence-corrected chi connectivity index (χ2v) is 10.7. The van der Waals surface area contributed by atoms with E-state index in [4.69, 9.17) is 4.74 Å². The highest BCUT2D eigenvalue weighted by molar-refractivity contribution is 7.89. The highest BCUT2D eigenvalue weighted by Crippen LogP contribution is 2.46. The highest BCUT2D eigenvalue weighted by Gasteiger charge is 2.48. The zero-order valence-electron chi connectivity index (χ0n) is 16.6. The number of nitrogens with zero attached hydrogens (tertiary/aromatic N) is 2. The number of rotatable bonds is 3. The van der Waals surface area contributed by atoms with Crippen LogP contribution in [-0.2, 0) is 10.0 Å². The zero-order valence-corrected chi connectivity index (χ0v) is 17.4. The van der Waals surface area contributed by atoms with Gasteiger partial charge in [0.2, 0.25) is 10.0 Å². The molecule has 3 heterocycles. The highest BCUT2D eigenvalue weighted by atomic mass is 32.2. The van der Waals surface area contributed by atoms with Crippen LogP contribution in [0.3, 0.4) is 0 Å². The van der Waals surface area contributed by atoms with E-state index in [0.29, 0.717) is 35.1 Å². The summed E-state index contributed by atoms with van der Waals surface area (Å²) in [4.78, 5) is 3.03. The molecule has 0 unspecified atom stereocenters. The van der Waals surface area contributed by atoms with E-state index in [1.807, 2.05) is 4.31 Å². The van der Waals surface area contributed by atoms with E-state index < -0.39 is 10.0 Å². The van der Waals surface area contributed by atoms with Gasteiger partial charge < -0.3 is 4.74 Å². The van der Waals surface area contributed by atoms with Crippen LogP contribution in [0.1, 0.15) is 38.5 Å². The van der Waals surface area contributed by atoms with Crippen molar-refractivity contribution in [3.05, 3.63) is 35.9 Å². The lowest BCUT2D eigenvalue weighted by Gasteiger charge is -2.54. The van der Waals surface area contributed by atoms with E-state index in [1.165, 1.54) is 31.4 Å². The number of benzene rings is 1. The van der Waals surface area contributed by atoms with Gasteiger partial charge in [-0.15, -0.1) is 0 Å². The normalized spacial score (nSPS) is 33.5. The molecule has 0 radical (unpaired) electrons. The third kappa shape index (κ3) is 3.01. The zero-order chi connectivity index (χ0) is 19.3. The van der Waals surface area contributed by atoms with Gasteiger partial charge in [-0.05, 0) is 74.8 Å². The summed E-state index contributed by atoms with van der Waals surface area (Å²) in [5.74, 6) is 1.73. The van der Waals surface area contributed by atoms with Crippen molar-refractivity contribution in [1.29, 1.82) is 0 Å². The van der Waals surface area contributed by atoms with E-state index >= 15 is 0 Å². The average Bonchev–Trinajstić information content (AvgIpc) is 2.73. The number of hydrogen-bond acceptors (Lipinski definition) is 4. The van der Waals surface area contributed by atoms with Crippen molar-refractivity contribution in [2.75, 3.05) is 26.7 Å². The Morgan fingerprint density at radius 1 is 1.07 bits per heavy atom. The lowest BCUT2D eigenvalue weighted by molar-refractivity contribution is 0.0149. The molecule has 152 valence electrons. The largest absolute Gasteiger partial charge is 0.497 e. The first-order valence-corrected chi connectivity index (χ1v) is 12.1. The van der Waals surface area contributed by atoms with E-state index in [2.05, 4.69) is 11.0 Å². The molecule has 3 fully saturated rings. The summed E-state index contributed by atoms with van der Waals surface area (Å²) in [6, 6.07) is 7.57. The number of fused-ring (bicyclic) bond motifs is 6. The van der Waals surface area contributed by atoms with Crippen molar-refractivity contribution in [2.45, 2.75) is 55.5 Å². The van der Waals surface area contributed by atoms with Gasteiger partial charge >= 0.3 is 0 Å². The second-order valence-electron chi connectivity index (χ2n) is 8.80. The van der Waals surface area contributed by atoms with E-state index in [0.717, 1.165) is 25.8 Å². The van der Waals surface area contributed by atoms with Gasteiger partial charge in [0, 0.05) is 19.1 Å². The minimum absolute atomic E-state index is 0.0416. The first-order chi connectivity index (χ1) is 13.6. The van der Waals surface area contributed by atoms with E-state index in [-0.39, 0.29) is 6.04 Å². The molecule has 3 saturated heterocycles. The van der Waals surface area contributed by atoms with Gasteiger partial charge in [0.15, 0.2) is 0 Å². The van der Waals surface area contributed by atoms with Crippen molar-refractivity contribution in [1.82, 2.24) is 9.21 Å². The Morgan fingerprint density at radius 2 is 1.89 bits per heavy atom. The molecule has 0 amide bonds. The predicted octanol–water partition coefficient (Wildman–Crippen LogP) is 3.28. The Morgan fingerprint density at radius 3 is 2.68 bits per heavy atom. The van der Waals surface area contributed by atoms with Gasteiger partial charge in [-0.2, -0.15) is 4.31 Å². The Labute approximate surface area is 168 Å². The number of hydrogen-bond donors (Lipinski definition) is 0. The maximum absolute atomic E-state index is 13.5. The van der Waals surface area contributed by atoms with Crippen LogP contribution >= 0.6 is 0 Å². The van der Waals surface area contributed by atoms with Crippen molar-refractivity contribution in [2.24, 2.45) is 11.8 Å². The predicted molar refractivity (Wildman–Crippen MR) is 109 cm³/mol. The van der Waals surface area contributed by atoms with Crippen molar-refractivity contribution in [3.8, 4) is 5.75 Å². The summed E-state index contributed by atoms with van der Waals surface area (Å²) in [5.41, 5.74) is 1.38. The molecule has 2 bridgehead atoms. The summed E-state index contributed by atoms with van der Waals surface area (Å²) in [7, 11) is -1.91. The smallest absolute Gasteiger partial charge is 0.243 e. The molecule has 1 aliphatic carbocycles. The Hall–Kier alpha value is -1.37. The molecule has 28 heavy (non-hydrogen) atoms. The summed E-state index contributed by atoms with van der Waals surface area (Å²) >= 11 is 0. The molecular formula is C22H30N2O3S. The van der Waals surface area contributed by atoms with Crippen LogP contribution in [-0.4, -0.2) is 56.5 Å². The van der Waals surface area contributed by atoms with E-state index in [9.17, 15) is 8.42 Å². The first-order valence-electron chi connectivity index (χ1n) is 10.7. The van der Waals surface area contributed by atoms with Crippen LogP contribution in [0, 0.1) is 11.8 Å². The summed E-state index contributed by atoms with van der Waals surface area (Å²) in [6.45, 7) is 2.86. The number of methoxy groups -OCH3 is 1. The Bertz CT molecular complexity index is 864. The molecule has 0 spiro atoms. The average molecular weight is 403 g/mol. The van der Waals surface area contributed by atoms with Gasteiger partial charge in [0.1, 0.15) is 5.75 Å². The van der Waals surface area contributed by atoms with Gasteiger partial charge in [-0.25, -0.2) is 8.42 Å². The topological polar surface area (TPSA) is 49.9 Å².